The highest BCUT2D eigenvalue weighted by molar-refractivity contribution is 6.02. The fourth-order valence-electron chi connectivity index (χ4n) is 1.93. The van der Waals surface area contributed by atoms with Crippen molar-refractivity contribution in [3.63, 3.8) is 0 Å². The van der Waals surface area contributed by atoms with Gasteiger partial charge in [0.15, 0.2) is 11.6 Å². The zero-order chi connectivity index (χ0) is 16.5. The average molecular weight is 312 g/mol. The van der Waals surface area contributed by atoms with Crippen molar-refractivity contribution in [1.82, 2.24) is 4.98 Å². The molecule has 0 aliphatic carbocycles. The summed E-state index contributed by atoms with van der Waals surface area (Å²) in [6.45, 7) is 4.96. The predicted molar refractivity (Wildman–Crippen MR) is 90.7 cm³/mol. The highest BCUT2D eigenvalue weighted by Gasteiger charge is 2.06. The van der Waals surface area contributed by atoms with E-state index in [4.69, 9.17) is 9.47 Å². The third-order valence-corrected chi connectivity index (χ3v) is 2.93. The number of nitrogens with zero attached hydrogens (tertiary/aromatic N) is 1. The van der Waals surface area contributed by atoms with Crippen LogP contribution in [0, 0.1) is 0 Å². The molecule has 23 heavy (non-hydrogen) atoms. The van der Waals surface area contributed by atoms with Crippen LogP contribution in [0.1, 0.15) is 19.4 Å². The van der Waals surface area contributed by atoms with Gasteiger partial charge in [0.2, 0.25) is 5.91 Å². The van der Waals surface area contributed by atoms with Gasteiger partial charge in [-0.25, -0.2) is 4.98 Å². The Labute approximate surface area is 136 Å². The maximum atomic E-state index is 12.0. The lowest BCUT2D eigenvalue weighted by Gasteiger charge is -2.08. The largest absolute Gasteiger partial charge is 0.494 e. The predicted octanol–water partition coefficient (Wildman–Crippen LogP) is 3.53. The van der Waals surface area contributed by atoms with E-state index < -0.39 is 0 Å². The Hall–Kier alpha value is -2.82. The monoisotopic (exact) mass is 312 g/mol. The minimum atomic E-state index is -0.265. The number of pyridine rings is 1. The maximum absolute atomic E-state index is 12.0. The molecule has 0 fully saturated rings. The number of ether oxygens (including phenoxy) is 2. The van der Waals surface area contributed by atoms with E-state index >= 15 is 0 Å². The molecule has 0 unspecified atom stereocenters. The first kappa shape index (κ1) is 16.5. The minimum absolute atomic E-state index is 0.265. The van der Waals surface area contributed by atoms with Gasteiger partial charge in [0.25, 0.3) is 0 Å². The van der Waals surface area contributed by atoms with Crippen LogP contribution in [-0.2, 0) is 4.79 Å². The van der Waals surface area contributed by atoms with Gasteiger partial charge in [0, 0.05) is 12.3 Å². The Morgan fingerprint density at radius 1 is 1.13 bits per heavy atom. The fourth-order valence-corrected chi connectivity index (χ4v) is 1.93. The molecule has 0 bridgehead atoms. The average Bonchev–Trinajstić information content (AvgIpc) is 2.57. The molecule has 120 valence electrons. The first-order valence-corrected chi connectivity index (χ1v) is 7.52. The van der Waals surface area contributed by atoms with Crippen LogP contribution < -0.4 is 14.8 Å². The van der Waals surface area contributed by atoms with Crippen molar-refractivity contribution in [3.8, 4) is 11.5 Å². The summed E-state index contributed by atoms with van der Waals surface area (Å²) in [6, 6.07) is 11.0. The third kappa shape index (κ3) is 5.14. The lowest BCUT2D eigenvalue weighted by atomic mass is 10.2. The Balaban J connectivity index is 1.99. The van der Waals surface area contributed by atoms with Crippen LogP contribution in [0.15, 0.2) is 48.7 Å². The quantitative estimate of drug-likeness (QED) is 0.795. The van der Waals surface area contributed by atoms with E-state index in [9.17, 15) is 4.79 Å². The number of aromatic nitrogens is 1. The lowest BCUT2D eigenvalue weighted by Crippen LogP contribution is -2.10. The molecular formula is C18H20N2O3. The Morgan fingerprint density at radius 3 is 2.57 bits per heavy atom. The van der Waals surface area contributed by atoms with E-state index in [1.54, 1.807) is 24.4 Å². The number of hydrogen-bond donors (Lipinski definition) is 1. The fraction of sp³-hybridized carbons (Fsp3) is 0.222. The van der Waals surface area contributed by atoms with Crippen molar-refractivity contribution < 1.29 is 14.3 Å². The van der Waals surface area contributed by atoms with Crippen LogP contribution in [0.5, 0.6) is 11.5 Å². The summed E-state index contributed by atoms with van der Waals surface area (Å²) in [5, 5.41) is 2.71. The highest BCUT2D eigenvalue weighted by Crippen LogP contribution is 2.20. The number of benzene rings is 1. The third-order valence-electron chi connectivity index (χ3n) is 2.93. The van der Waals surface area contributed by atoms with E-state index in [0.29, 0.717) is 24.8 Å². The van der Waals surface area contributed by atoms with E-state index in [-0.39, 0.29) is 5.91 Å². The van der Waals surface area contributed by atoms with Gasteiger partial charge in [-0.05, 0) is 49.8 Å². The van der Waals surface area contributed by atoms with Gasteiger partial charge in [0.1, 0.15) is 5.75 Å². The molecule has 2 rings (SSSR count). The Morgan fingerprint density at radius 2 is 1.87 bits per heavy atom. The molecule has 1 N–H and O–H groups in total. The van der Waals surface area contributed by atoms with Crippen LogP contribution in [-0.4, -0.2) is 24.1 Å². The first-order valence-electron chi connectivity index (χ1n) is 7.52. The topological polar surface area (TPSA) is 60.5 Å². The first-order chi connectivity index (χ1) is 11.2. The van der Waals surface area contributed by atoms with Gasteiger partial charge in [-0.1, -0.05) is 12.1 Å². The van der Waals surface area contributed by atoms with Gasteiger partial charge in [-0.15, -0.1) is 0 Å². The zero-order valence-electron chi connectivity index (χ0n) is 13.3. The second-order valence-corrected chi connectivity index (χ2v) is 4.61. The molecule has 0 aliphatic rings. The zero-order valence-corrected chi connectivity index (χ0v) is 13.3. The number of hydrogen-bond acceptors (Lipinski definition) is 4. The summed E-state index contributed by atoms with van der Waals surface area (Å²) in [7, 11) is 0. The number of carbonyl (C=O) groups excluding carboxylic acids is 1. The van der Waals surface area contributed by atoms with Crippen LogP contribution in [0.25, 0.3) is 6.08 Å². The summed E-state index contributed by atoms with van der Waals surface area (Å²) in [6.07, 6.45) is 4.79. The lowest BCUT2D eigenvalue weighted by molar-refractivity contribution is -0.111. The second kappa shape index (κ2) is 8.58. The van der Waals surface area contributed by atoms with Gasteiger partial charge >= 0.3 is 0 Å². The molecule has 0 spiro atoms. The normalized spacial score (nSPS) is 10.5. The van der Waals surface area contributed by atoms with E-state index in [0.717, 1.165) is 11.3 Å². The number of carbonyl (C=O) groups is 1. The molecule has 5 nitrogen and oxygen atoms in total. The SMILES string of the molecule is CCOc1ccc(/C=C/C(=O)Nc2ncccc2OCC)cc1. The summed E-state index contributed by atoms with van der Waals surface area (Å²) in [5.74, 6) is 1.51. The van der Waals surface area contributed by atoms with Crippen molar-refractivity contribution >= 4 is 17.8 Å². The van der Waals surface area contributed by atoms with Gasteiger partial charge in [-0.3, -0.25) is 4.79 Å². The van der Waals surface area contributed by atoms with E-state index in [1.165, 1.54) is 6.08 Å². The number of nitrogens with one attached hydrogen (secondary N) is 1. The van der Waals surface area contributed by atoms with Gasteiger partial charge in [-0.2, -0.15) is 0 Å². The molecule has 0 radical (unpaired) electrons. The second-order valence-electron chi connectivity index (χ2n) is 4.61. The van der Waals surface area contributed by atoms with E-state index in [2.05, 4.69) is 10.3 Å². The molecule has 0 aliphatic heterocycles. The van der Waals surface area contributed by atoms with Crippen LogP contribution in [0.4, 0.5) is 5.82 Å². The van der Waals surface area contributed by atoms with Gasteiger partial charge < -0.3 is 14.8 Å². The number of rotatable bonds is 7. The smallest absolute Gasteiger partial charge is 0.249 e. The Bertz CT molecular complexity index is 666. The summed E-state index contributed by atoms with van der Waals surface area (Å²) in [5.41, 5.74) is 0.912. The molecule has 1 aromatic heterocycles. The molecule has 1 amide bonds. The van der Waals surface area contributed by atoms with Crippen molar-refractivity contribution in [3.05, 3.63) is 54.2 Å². The molecule has 5 heteroatoms. The van der Waals surface area contributed by atoms with Crippen molar-refractivity contribution in [2.75, 3.05) is 18.5 Å². The summed E-state index contributed by atoms with van der Waals surface area (Å²) in [4.78, 5) is 16.1. The number of anilines is 1. The molecule has 2 aromatic rings. The summed E-state index contributed by atoms with van der Waals surface area (Å²) < 4.78 is 10.8. The summed E-state index contributed by atoms with van der Waals surface area (Å²) >= 11 is 0. The van der Waals surface area contributed by atoms with E-state index in [1.807, 2.05) is 38.1 Å². The molecular weight excluding hydrogens is 292 g/mol. The molecule has 1 heterocycles. The van der Waals surface area contributed by atoms with Crippen molar-refractivity contribution in [1.29, 1.82) is 0 Å². The number of amides is 1. The van der Waals surface area contributed by atoms with Crippen LogP contribution in [0.2, 0.25) is 0 Å². The van der Waals surface area contributed by atoms with Gasteiger partial charge in [0.05, 0.1) is 13.2 Å². The molecule has 0 atom stereocenters. The molecule has 0 saturated carbocycles. The Kier molecular flexibility index (Phi) is 6.17. The van der Waals surface area contributed by atoms with Crippen LogP contribution in [0.3, 0.4) is 0 Å². The maximum Gasteiger partial charge on any atom is 0.249 e. The molecule has 0 saturated heterocycles. The molecule has 1 aromatic carbocycles. The highest BCUT2D eigenvalue weighted by atomic mass is 16.5. The van der Waals surface area contributed by atoms with Crippen molar-refractivity contribution in [2.45, 2.75) is 13.8 Å². The standard InChI is InChI=1S/C18H20N2O3/c1-3-22-15-10-7-14(8-11-15)9-12-17(21)20-18-16(23-4-2)6-5-13-19-18/h5-13H,3-4H2,1-2H3,(H,19,20,21)/b12-9+. The van der Waals surface area contributed by atoms with Crippen LogP contribution >= 0.6 is 0 Å². The minimum Gasteiger partial charge on any atom is -0.494 e. The van der Waals surface area contributed by atoms with Crippen molar-refractivity contribution in [2.24, 2.45) is 0 Å².